The molecule has 7 heteroatoms. The van der Waals surface area contributed by atoms with E-state index in [-0.39, 0.29) is 24.8 Å². The predicted octanol–water partition coefficient (Wildman–Crippen LogP) is 3.73. The lowest BCUT2D eigenvalue weighted by molar-refractivity contribution is 0.316. The minimum Gasteiger partial charge on any atom is -0.399 e. The Morgan fingerprint density at radius 1 is 1.15 bits per heavy atom. The van der Waals surface area contributed by atoms with Gasteiger partial charge in [-0.1, -0.05) is 26.0 Å². The lowest BCUT2D eigenvalue weighted by atomic mass is 9.98. The van der Waals surface area contributed by atoms with E-state index in [0.29, 0.717) is 0 Å². The molecule has 1 aliphatic heterocycles. The molecule has 5 nitrogen and oxygen atoms in total. The molecule has 0 amide bonds. The van der Waals surface area contributed by atoms with E-state index in [1.807, 2.05) is 12.2 Å². The number of nitrogens with zero attached hydrogens (tertiary/aromatic N) is 1. The fraction of sp³-hybridized carbons (Fsp3) is 0.368. The molecule has 0 unspecified atom stereocenters. The monoisotopic (exact) mass is 397 g/mol. The molecule has 5 N–H and O–H groups in total. The summed E-state index contributed by atoms with van der Waals surface area (Å²) in [7, 11) is 0. The quantitative estimate of drug-likeness (QED) is 0.588. The zero-order chi connectivity index (χ0) is 16.9. The van der Waals surface area contributed by atoms with Crippen LogP contribution < -0.4 is 21.9 Å². The molecule has 0 saturated heterocycles. The molecule has 0 spiro atoms. The number of allylic oxidation sites excluding steroid dienone is 4. The lowest BCUT2D eigenvalue weighted by Gasteiger charge is -2.25. The topological polar surface area (TPSA) is 65.3 Å². The molecule has 0 bridgehead atoms. The van der Waals surface area contributed by atoms with Crippen molar-refractivity contribution in [1.29, 1.82) is 0 Å². The van der Waals surface area contributed by atoms with Gasteiger partial charge in [-0.3, -0.25) is 0 Å². The molecule has 0 atom stereocenters. The van der Waals surface area contributed by atoms with Gasteiger partial charge in [-0.25, -0.2) is 0 Å². The molecule has 0 aromatic heterocycles. The predicted molar refractivity (Wildman–Crippen MR) is 117 cm³/mol. The van der Waals surface area contributed by atoms with Gasteiger partial charge in [0.15, 0.2) is 0 Å². The number of likely N-dealkylation sites (N-methyl/N-ethyl adjacent to an activating group) is 1. The number of hydrogen-bond acceptors (Lipinski definition) is 5. The van der Waals surface area contributed by atoms with Crippen molar-refractivity contribution in [1.82, 2.24) is 10.3 Å². The molecule has 26 heavy (non-hydrogen) atoms. The molecule has 1 aromatic rings. The van der Waals surface area contributed by atoms with Crippen LogP contribution in [0.15, 0.2) is 47.8 Å². The van der Waals surface area contributed by atoms with E-state index >= 15 is 0 Å². The first-order valence-corrected chi connectivity index (χ1v) is 8.70. The van der Waals surface area contributed by atoms with Gasteiger partial charge >= 0.3 is 0 Å². The fourth-order valence-electron chi connectivity index (χ4n) is 3.12. The van der Waals surface area contributed by atoms with Crippen molar-refractivity contribution in [3.63, 3.8) is 0 Å². The Kier molecular flexibility index (Phi) is 8.85. The van der Waals surface area contributed by atoms with Gasteiger partial charge in [-0.15, -0.1) is 24.8 Å². The van der Waals surface area contributed by atoms with Crippen LogP contribution in [0.2, 0.25) is 0 Å². The molecule has 1 heterocycles. The summed E-state index contributed by atoms with van der Waals surface area (Å²) < 4.78 is 0. The van der Waals surface area contributed by atoms with Crippen molar-refractivity contribution in [2.45, 2.75) is 20.3 Å². The number of benzene rings is 1. The van der Waals surface area contributed by atoms with Crippen LogP contribution in [0.5, 0.6) is 0 Å². The maximum Gasteiger partial charge on any atom is 0.0639 e. The summed E-state index contributed by atoms with van der Waals surface area (Å²) in [6.45, 7) is 8.57. The van der Waals surface area contributed by atoms with Crippen LogP contribution in [0, 0.1) is 0 Å². The van der Waals surface area contributed by atoms with Crippen LogP contribution in [0.25, 0.3) is 5.57 Å². The number of hydrogen-bond donors (Lipinski definition) is 4. The van der Waals surface area contributed by atoms with Gasteiger partial charge in [0, 0.05) is 47.7 Å². The largest absolute Gasteiger partial charge is 0.399 e. The third kappa shape index (κ3) is 5.10. The first-order chi connectivity index (χ1) is 11.7. The standard InChI is InChI=1S/C19H27N5.2ClH/c1-3-24(4-2)11-10-21-15-8-9-16-17-12-14(20)6-5-7-18(17)22-23-19(16)13-15;;/h5-6,8-9,12-13,21-23H,3-4,7,10-11,20H2,1-2H3;2*1H. The molecule has 1 aromatic carbocycles. The van der Waals surface area contributed by atoms with Crippen LogP contribution in [0.3, 0.4) is 0 Å². The van der Waals surface area contributed by atoms with Gasteiger partial charge in [-0.2, -0.15) is 0 Å². The maximum absolute atomic E-state index is 6.02. The first-order valence-electron chi connectivity index (χ1n) is 8.70. The summed E-state index contributed by atoms with van der Waals surface area (Å²) in [5.74, 6) is 0. The van der Waals surface area contributed by atoms with E-state index in [2.05, 4.69) is 59.2 Å². The van der Waals surface area contributed by atoms with Gasteiger partial charge in [0.1, 0.15) is 0 Å². The van der Waals surface area contributed by atoms with Gasteiger partial charge in [0.05, 0.1) is 5.69 Å². The maximum atomic E-state index is 6.02. The highest BCUT2D eigenvalue weighted by molar-refractivity contribution is 5.88. The van der Waals surface area contributed by atoms with E-state index in [1.54, 1.807) is 0 Å². The molecule has 1 aliphatic carbocycles. The SMILES string of the molecule is CCN(CC)CCNc1ccc2c(c1)NNC1=C2C=C(N)C=CC1.Cl.Cl. The Labute approximate surface area is 168 Å². The second kappa shape index (κ2) is 10.4. The molecular formula is C19H29Cl2N5. The molecular weight excluding hydrogens is 369 g/mol. The minimum absolute atomic E-state index is 0. The fourth-order valence-corrected chi connectivity index (χ4v) is 3.12. The number of nitrogens with one attached hydrogen (secondary N) is 3. The summed E-state index contributed by atoms with van der Waals surface area (Å²) in [6.07, 6.45) is 6.93. The van der Waals surface area contributed by atoms with E-state index in [9.17, 15) is 0 Å². The van der Waals surface area contributed by atoms with Crippen molar-refractivity contribution in [2.75, 3.05) is 36.9 Å². The van der Waals surface area contributed by atoms with Gasteiger partial charge in [-0.05, 0) is 37.4 Å². The number of nitrogens with two attached hydrogens (primary N) is 1. The second-order valence-corrected chi connectivity index (χ2v) is 6.11. The normalized spacial score (nSPS) is 14.7. The van der Waals surface area contributed by atoms with Gasteiger partial charge < -0.3 is 26.8 Å². The van der Waals surface area contributed by atoms with Crippen molar-refractivity contribution >= 4 is 41.8 Å². The van der Waals surface area contributed by atoms with E-state index in [1.165, 1.54) is 11.1 Å². The smallest absolute Gasteiger partial charge is 0.0639 e. The van der Waals surface area contributed by atoms with Gasteiger partial charge in [0.2, 0.25) is 0 Å². The van der Waals surface area contributed by atoms with Gasteiger partial charge in [0.25, 0.3) is 0 Å². The molecule has 144 valence electrons. The lowest BCUT2D eigenvalue weighted by Crippen LogP contribution is -2.29. The molecule has 0 saturated carbocycles. The zero-order valence-corrected chi connectivity index (χ0v) is 17.0. The summed E-state index contributed by atoms with van der Waals surface area (Å²) in [5, 5.41) is 3.51. The van der Waals surface area contributed by atoms with Crippen LogP contribution in [0.1, 0.15) is 25.8 Å². The van der Waals surface area contributed by atoms with Crippen molar-refractivity contribution in [2.24, 2.45) is 5.73 Å². The molecule has 2 aliphatic rings. The van der Waals surface area contributed by atoms with E-state index < -0.39 is 0 Å². The highest BCUT2D eigenvalue weighted by Crippen LogP contribution is 2.34. The van der Waals surface area contributed by atoms with Crippen molar-refractivity contribution < 1.29 is 0 Å². The minimum atomic E-state index is 0. The highest BCUT2D eigenvalue weighted by atomic mass is 35.5. The summed E-state index contributed by atoms with van der Waals surface area (Å²) in [4.78, 5) is 2.41. The number of fused-ring (bicyclic) bond motifs is 2. The van der Waals surface area contributed by atoms with Crippen LogP contribution in [-0.2, 0) is 0 Å². The summed E-state index contributed by atoms with van der Waals surface area (Å²) in [6, 6.07) is 6.45. The molecule has 3 rings (SSSR count). The van der Waals surface area contributed by atoms with Crippen molar-refractivity contribution in [3.05, 3.63) is 53.4 Å². The number of halogens is 2. The Hall–Kier alpha value is -1.82. The second-order valence-electron chi connectivity index (χ2n) is 6.11. The number of anilines is 2. The first kappa shape index (κ1) is 22.2. The van der Waals surface area contributed by atoms with E-state index in [4.69, 9.17) is 5.73 Å². The third-order valence-electron chi connectivity index (χ3n) is 4.58. The van der Waals surface area contributed by atoms with Crippen LogP contribution in [-0.4, -0.2) is 31.1 Å². The van der Waals surface area contributed by atoms with E-state index in [0.717, 1.165) is 55.4 Å². The molecule has 0 fully saturated rings. The Morgan fingerprint density at radius 3 is 2.65 bits per heavy atom. The summed E-state index contributed by atoms with van der Waals surface area (Å²) in [5.41, 5.74) is 19.1. The summed E-state index contributed by atoms with van der Waals surface area (Å²) >= 11 is 0. The number of rotatable bonds is 6. The average molecular weight is 398 g/mol. The van der Waals surface area contributed by atoms with Crippen LogP contribution >= 0.6 is 24.8 Å². The van der Waals surface area contributed by atoms with Crippen LogP contribution in [0.4, 0.5) is 11.4 Å². The highest BCUT2D eigenvalue weighted by Gasteiger charge is 2.18. The average Bonchev–Trinajstić information content (AvgIpc) is 2.79. The van der Waals surface area contributed by atoms with Crippen molar-refractivity contribution in [3.8, 4) is 0 Å². The Balaban J connectivity index is 0.00000169. The Bertz CT molecular complexity index is 693. The molecule has 0 radical (unpaired) electrons. The third-order valence-corrected chi connectivity index (χ3v) is 4.58. The zero-order valence-electron chi connectivity index (χ0n) is 15.3. The Morgan fingerprint density at radius 2 is 1.92 bits per heavy atom. The number of hydrazine groups is 1.